The number of aliphatic hydroxyl groups is 1. The molecule has 0 aromatic heterocycles. The molecule has 1 aliphatic rings. The van der Waals surface area contributed by atoms with Crippen molar-refractivity contribution in [1.82, 2.24) is 10.2 Å². The van der Waals surface area contributed by atoms with Crippen molar-refractivity contribution < 1.29 is 14.6 Å². The van der Waals surface area contributed by atoms with E-state index in [4.69, 9.17) is 4.74 Å². The van der Waals surface area contributed by atoms with Crippen molar-refractivity contribution >= 4 is 5.91 Å². The lowest BCUT2D eigenvalue weighted by molar-refractivity contribution is -0.132. The van der Waals surface area contributed by atoms with Gasteiger partial charge in [-0.3, -0.25) is 9.69 Å². The highest BCUT2D eigenvalue weighted by atomic mass is 16.5. The maximum atomic E-state index is 11.9. The number of carbonyl (C=O) groups is 1. The summed E-state index contributed by atoms with van der Waals surface area (Å²) in [4.78, 5) is 13.9. The topological polar surface area (TPSA) is 61.8 Å². The Morgan fingerprint density at radius 1 is 1.47 bits per heavy atom. The van der Waals surface area contributed by atoms with E-state index in [0.29, 0.717) is 19.7 Å². The van der Waals surface area contributed by atoms with E-state index in [9.17, 15) is 9.90 Å². The summed E-state index contributed by atoms with van der Waals surface area (Å²) in [6.45, 7) is 12.1. The zero-order valence-electron chi connectivity index (χ0n) is 12.8. The molecule has 5 nitrogen and oxygen atoms in total. The first-order valence-corrected chi connectivity index (χ1v) is 7.04. The van der Waals surface area contributed by atoms with Crippen LogP contribution in [0.5, 0.6) is 0 Å². The Balaban J connectivity index is 2.51. The first-order valence-electron chi connectivity index (χ1n) is 7.04. The van der Waals surface area contributed by atoms with E-state index >= 15 is 0 Å². The van der Waals surface area contributed by atoms with Gasteiger partial charge in [-0.25, -0.2) is 0 Å². The molecule has 2 atom stereocenters. The highest BCUT2D eigenvalue weighted by Gasteiger charge is 2.33. The second-order valence-corrected chi connectivity index (χ2v) is 6.55. The average Bonchev–Trinajstić information content (AvgIpc) is 2.25. The fraction of sp³-hybridized carbons (Fsp3) is 0.929. The zero-order chi connectivity index (χ0) is 14.6. The van der Waals surface area contributed by atoms with Gasteiger partial charge in [0.2, 0.25) is 5.91 Å². The second-order valence-electron chi connectivity index (χ2n) is 6.55. The zero-order valence-corrected chi connectivity index (χ0v) is 12.8. The van der Waals surface area contributed by atoms with Gasteiger partial charge < -0.3 is 15.2 Å². The van der Waals surface area contributed by atoms with Gasteiger partial charge in [-0.15, -0.1) is 0 Å². The van der Waals surface area contributed by atoms with Crippen LogP contribution >= 0.6 is 0 Å². The van der Waals surface area contributed by atoms with Crippen molar-refractivity contribution in [3.8, 4) is 0 Å². The van der Waals surface area contributed by atoms with Crippen LogP contribution in [0.15, 0.2) is 0 Å². The molecule has 112 valence electrons. The Morgan fingerprint density at radius 2 is 2.11 bits per heavy atom. The number of piperazine rings is 1. The van der Waals surface area contributed by atoms with E-state index in [0.717, 1.165) is 6.54 Å². The Kier molecular flexibility index (Phi) is 5.77. The van der Waals surface area contributed by atoms with Crippen LogP contribution < -0.4 is 5.32 Å². The molecule has 1 saturated heterocycles. The number of carbonyl (C=O) groups excluding carboxylic acids is 1. The number of hydrogen-bond donors (Lipinski definition) is 2. The Hall–Kier alpha value is -0.650. The highest BCUT2D eigenvalue weighted by Crippen LogP contribution is 2.15. The number of β-amino-alcohol motifs (C(OH)–C–C–N with tert-alkyl or cyclic N) is 1. The molecule has 1 aliphatic heterocycles. The van der Waals surface area contributed by atoms with Crippen LogP contribution in [0, 0.1) is 5.92 Å². The monoisotopic (exact) mass is 272 g/mol. The minimum absolute atomic E-state index is 0.0604. The third-order valence-electron chi connectivity index (χ3n) is 3.15. The molecular formula is C14H28N2O3. The number of nitrogens with zero attached hydrogens (tertiary/aromatic N) is 1. The first-order chi connectivity index (χ1) is 8.70. The smallest absolute Gasteiger partial charge is 0.237 e. The summed E-state index contributed by atoms with van der Waals surface area (Å²) in [5, 5.41) is 12.9. The summed E-state index contributed by atoms with van der Waals surface area (Å²) in [6.07, 6.45) is -0.564. The summed E-state index contributed by atoms with van der Waals surface area (Å²) in [7, 11) is 0. The molecule has 2 unspecified atom stereocenters. The molecule has 0 aliphatic carbocycles. The lowest BCUT2D eigenvalue weighted by Crippen LogP contribution is -2.59. The van der Waals surface area contributed by atoms with Crippen LogP contribution in [0.3, 0.4) is 0 Å². The van der Waals surface area contributed by atoms with Crippen LogP contribution in [0.25, 0.3) is 0 Å². The number of amides is 1. The highest BCUT2D eigenvalue weighted by molar-refractivity contribution is 5.82. The molecule has 0 aromatic rings. The molecule has 1 rings (SSSR count). The first kappa shape index (κ1) is 16.4. The van der Waals surface area contributed by atoms with Gasteiger partial charge >= 0.3 is 0 Å². The number of hydrogen-bond acceptors (Lipinski definition) is 4. The minimum atomic E-state index is -0.564. The number of rotatable bonds is 5. The molecule has 19 heavy (non-hydrogen) atoms. The molecule has 5 heteroatoms. The second kappa shape index (κ2) is 6.68. The molecule has 0 spiro atoms. The quantitative estimate of drug-likeness (QED) is 0.770. The van der Waals surface area contributed by atoms with Crippen molar-refractivity contribution in [2.24, 2.45) is 5.92 Å². The molecular weight excluding hydrogens is 244 g/mol. The molecule has 1 heterocycles. The molecule has 0 aromatic carbocycles. The third kappa shape index (κ3) is 5.47. The fourth-order valence-corrected chi connectivity index (χ4v) is 2.33. The van der Waals surface area contributed by atoms with E-state index in [2.05, 4.69) is 10.2 Å². The van der Waals surface area contributed by atoms with Crippen molar-refractivity contribution in [1.29, 1.82) is 0 Å². The van der Waals surface area contributed by atoms with Crippen LogP contribution in [0.4, 0.5) is 0 Å². The standard InChI is InChI=1S/C14H28N2O3/c1-10(2)12-13(18)15-6-7-16(12)8-11(17)9-19-14(3,4)5/h10-12,17H,6-9H2,1-5H3,(H,15,18). The van der Waals surface area contributed by atoms with Crippen molar-refractivity contribution in [2.45, 2.75) is 52.4 Å². The normalized spacial score (nSPS) is 23.5. The van der Waals surface area contributed by atoms with E-state index in [1.165, 1.54) is 0 Å². The molecule has 0 radical (unpaired) electrons. The van der Waals surface area contributed by atoms with Crippen LogP contribution in [-0.2, 0) is 9.53 Å². The molecule has 0 saturated carbocycles. The Morgan fingerprint density at radius 3 is 2.63 bits per heavy atom. The Labute approximate surface area is 116 Å². The van der Waals surface area contributed by atoms with Crippen LogP contribution in [-0.4, -0.2) is 59.9 Å². The van der Waals surface area contributed by atoms with Crippen LogP contribution in [0.1, 0.15) is 34.6 Å². The summed E-state index contributed by atoms with van der Waals surface area (Å²) in [6, 6.07) is -0.155. The van der Waals surface area contributed by atoms with Gasteiger partial charge in [-0.05, 0) is 26.7 Å². The minimum Gasteiger partial charge on any atom is -0.389 e. The third-order valence-corrected chi connectivity index (χ3v) is 3.15. The number of nitrogens with one attached hydrogen (secondary N) is 1. The predicted octanol–water partition coefficient (Wildman–Crippen LogP) is 0.619. The van der Waals surface area contributed by atoms with Gasteiger partial charge in [0.25, 0.3) is 0 Å². The van der Waals surface area contributed by atoms with Gasteiger partial charge in [-0.1, -0.05) is 13.8 Å². The SMILES string of the molecule is CC(C)C1C(=O)NCCN1CC(O)COC(C)(C)C. The molecule has 1 fully saturated rings. The van der Waals surface area contributed by atoms with Gasteiger partial charge in [-0.2, -0.15) is 0 Å². The van der Waals surface area contributed by atoms with Crippen LogP contribution in [0.2, 0.25) is 0 Å². The summed E-state index contributed by atoms with van der Waals surface area (Å²) < 4.78 is 5.58. The average molecular weight is 272 g/mol. The maximum absolute atomic E-state index is 11.9. The fourth-order valence-electron chi connectivity index (χ4n) is 2.33. The summed E-state index contributed by atoms with van der Waals surface area (Å²) in [5.74, 6) is 0.293. The maximum Gasteiger partial charge on any atom is 0.237 e. The van der Waals surface area contributed by atoms with Gasteiger partial charge in [0, 0.05) is 19.6 Å². The molecule has 2 N–H and O–H groups in total. The van der Waals surface area contributed by atoms with Crippen molar-refractivity contribution in [3.63, 3.8) is 0 Å². The lowest BCUT2D eigenvalue weighted by Gasteiger charge is -2.38. The summed E-state index contributed by atoms with van der Waals surface area (Å²) in [5.41, 5.74) is -0.252. The summed E-state index contributed by atoms with van der Waals surface area (Å²) >= 11 is 0. The van der Waals surface area contributed by atoms with Crippen molar-refractivity contribution in [2.75, 3.05) is 26.2 Å². The van der Waals surface area contributed by atoms with E-state index in [-0.39, 0.29) is 23.5 Å². The van der Waals surface area contributed by atoms with E-state index in [1.54, 1.807) is 0 Å². The lowest BCUT2D eigenvalue weighted by atomic mass is 9.99. The molecule has 1 amide bonds. The van der Waals surface area contributed by atoms with Crippen molar-refractivity contribution in [3.05, 3.63) is 0 Å². The molecule has 0 bridgehead atoms. The largest absolute Gasteiger partial charge is 0.389 e. The van der Waals surface area contributed by atoms with Gasteiger partial charge in [0.05, 0.1) is 24.4 Å². The number of aliphatic hydroxyl groups excluding tert-OH is 1. The Bertz CT molecular complexity index is 300. The van der Waals surface area contributed by atoms with E-state index < -0.39 is 6.10 Å². The van der Waals surface area contributed by atoms with E-state index in [1.807, 2.05) is 34.6 Å². The number of ether oxygens (including phenoxy) is 1. The van der Waals surface area contributed by atoms with Gasteiger partial charge in [0.1, 0.15) is 0 Å². The predicted molar refractivity (Wildman–Crippen MR) is 74.9 cm³/mol. The van der Waals surface area contributed by atoms with Gasteiger partial charge in [0.15, 0.2) is 0 Å².